The minimum absolute atomic E-state index is 0.971. The zero-order valence-electron chi connectivity index (χ0n) is 7.06. The van der Waals surface area contributed by atoms with Crippen molar-refractivity contribution in [1.29, 1.82) is 0 Å². The second-order valence-electron chi connectivity index (χ2n) is 2.65. The topological polar surface area (TPSA) is 25.8 Å². The lowest BCUT2D eigenvalue weighted by Crippen LogP contribution is -1.77. The van der Waals surface area contributed by atoms with Gasteiger partial charge in [0.2, 0.25) is 0 Å². The first-order valence-corrected chi connectivity index (χ1v) is 5.10. The second-order valence-corrected chi connectivity index (χ2v) is 4.40. The molecule has 2 aromatic rings. The van der Waals surface area contributed by atoms with Crippen LogP contribution in [0.2, 0.25) is 0 Å². The van der Waals surface area contributed by atoms with Crippen molar-refractivity contribution in [1.82, 2.24) is 9.97 Å². The summed E-state index contributed by atoms with van der Waals surface area (Å²) in [6.07, 6.45) is 3.57. The minimum atomic E-state index is 0.971. The fourth-order valence-corrected chi connectivity index (χ4v) is 2.11. The molecule has 2 aromatic heterocycles. The van der Waals surface area contributed by atoms with Crippen molar-refractivity contribution in [2.75, 3.05) is 0 Å². The second kappa shape index (κ2) is 3.47. The molecule has 2 nitrogen and oxygen atoms in total. The quantitative estimate of drug-likeness (QED) is 0.729. The predicted molar refractivity (Wildman–Crippen MR) is 57.3 cm³/mol. The summed E-state index contributed by atoms with van der Waals surface area (Å²) >= 11 is 5.89. The molecular formula is C9H8N2S2. The average molecular weight is 208 g/mol. The van der Waals surface area contributed by atoms with Gasteiger partial charge in [-0.3, -0.25) is 4.98 Å². The maximum atomic E-state index is 4.38. The van der Waals surface area contributed by atoms with Crippen LogP contribution in [0.1, 0.15) is 5.69 Å². The summed E-state index contributed by atoms with van der Waals surface area (Å²) in [6, 6.07) is 3.91. The molecule has 66 valence electrons. The van der Waals surface area contributed by atoms with E-state index in [1.807, 2.05) is 25.3 Å². The van der Waals surface area contributed by atoms with Gasteiger partial charge in [-0.2, -0.15) is 0 Å². The fraction of sp³-hybridized carbons (Fsp3) is 0.111. The van der Waals surface area contributed by atoms with E-state index in [-0.39, 0.29) is 0 Å². The summed E-state index contributed by atoms with van der Waals surface area (Å²) in [5.41, 5.74) is 2.03. The first-order valence-electron chi connectivity index (χ1n) is 3.84. The van der Waals surface area contributed by atoms with E-state index in [0.29, 0.717) is 0 Å². The number of aromatic nitrogens is 2. The molecule has 0 aliphatic rings. The highest BCUT2D eigenvalue weighted by Crippen LogP contribution is 2.29. The lowest BCUT2D eigenvalue weighted by Gasteiger charge is -1.91. The van der Waals surface area contributed by atoms with Crippen molar-refractivity contribution >= 4 is 24.0 Å². The van der Waals surface area contributed by atoms with Crippen molar-refractivity contribution in [3.05, 3.63) is 30.2 Å². The van der Waals surface area contributed by atoms with Crippen molar-refractivity contribution in [2.45, 2.75) is 11.1 Å². The summed E-state index contributed by atoms with van der Waals surface area (Å²) in [6.45, 7) is 1.96. The molecule has 0 N–H and O–H groups in total. The Morgan fingerprint density at radius 1 is 1.46 bits per heavy atom. The molecule has 13 heavy (non-hydrogen) atoms. The molecular weight excluding hydrogens is 200 g/mol. The Labute approximate surface area is 86.1 Å². The summed E-state index contributed by atoms with van der Waals surface area (Å²) < 4.78 is 0.971. The molecule has 0 aliphatic heterocycles. The van der Waals surface area contributed by atoms with E-state index < -0.39 is 0 Å². The number of thiol groups is 1. The standard InChI is InChI=1S/C9H8N2S2/c1-6-9(12)13-8(11-6)7-3-2-4-10-5-7/h2-5,12H,1H3. The third kappa shape index (κ3) is 1.73. The zero-order valence-corrected chi connectivity index (χ0v) is 8.77. The third-order valence-corrected chi connectivity index (χ3v) is 3.29. The number of aryl methyl sites for hydroxylation is 1. The molecule has 0 radical (unpaired) electrons. The molecule has 0 saturated carbocycles. The van der Waals surface area contributed by atoms with Crippen LogP contribution in [-0.4, -0.2) is 9.97 Å². The zero-order chi connectivity index (χ0) is 9.26. The Balaban J connectivity index is 2.48. The number of nitrogens with zero attached hydrogens (tertiary/aromatic N) is 2. The monoisotopic (exact) mass is 208 g/mol. The average Bonchev–Trinajstić information content (AvgIpc) is 2.49. The molecule has 0 aliphatic carbocycles. The van der Waals surface area contributed by atoms with Gasteiger partial charge in [0.15, 0.2) is 0 Å². The molecule has 0 unspecified atom stereocenters. The third-order valence-electron chi connectivity index (χ3n) is 1.68. The van der Waals surface area contributed by atoms with Crippen LogP contribution in [-0.2, 0) is 0 Å². The van der Waals surface area contributed by atoms with Gasteiger partial charge in [0.25, 0.3) is 0 Å². The number of hydrogen-bond donors (Lipinski definition) is 1. The lowest BCUT2D eigenvalue weighted by molar-refractivity contribution is 1.21. The van der Waals surface area contributed by atoms with E-state index in [4.69, 9.17) is 0 Å². The number of hydrogen-bond acceptors (Lipinski definition) is 4. The summed E-state index contributed by atoms with van der Waals surface area (Å²) in [4.78, 5) is 8.42. The van der Waals surface area contributed by atoms with E-state index in [1.165, 1.54) is 0 Å². The number of pyridine rings is 1. The molecule has 0 spiro atoms. The Hall–Kier alpha value is -0.870. The number of rotatable bonds is 1. The Morgan fingerprint density at radius 2 is 2.31 bits per heavy atom. The largest absolute Gasteiger partial charge is 0.264 e. The van der Waals surface area contributed by atoms with Crippen molar-refractivity contribution in [2.24, 2.45) is 0 Å². The lowest BCUT2D eigenvalue weighted by atomic mass is 10.3. The highest BCUT2D eigenvalue weighted by atomic mass is 32.2. The molecule has 0 saturated heterocycles. The summed E-state index contributed by atoms with van der Waals surface area (Å²) in [5, 5.41) is 0.982. The summed E-state index contributed by atoms with van der Waals surface area (Å²) in [5.74, 6) is 0. The van der Waals surface area contributed by atoms with E-state index in [0.717, 1.165) is 20.5 Å². The smallest absolute Gasteiger partial charge is 0.126 e. The van der Waals surface area contributed by atoms with Crippen LogP contribution in [0.3, 0.4) is 0 Å². The Morgan fingerprint density at radius 3 is 2.85 bits per heavy atom. The van der Waals surface area contributed by atoms with Crippen LogP contribution < -0.4 is 0 Å². The van der Waals surface area contributed by atoms with Gasteiger partial charge in [-0.25, -0.2) is 4.98 Å². The molecule has 2 heterocycles. The van der Waals surface area contributed by atoms with Crippen molar-refractivity contribution in [3.63, 3.8) is 0 Å². The number of thiazole rings is 1. The van der Waals surface area contributed by atoms with Gasteiger partial charge in [0.05, 0.1) is 9.90 Å². The van der Waals surface area contributed by atoms with Crippen LogP contribution >= 0.6 is 24.0 Å². The van der Waals surface area contributed by atoms with Gasteiger partial charge in [0.1, 0.15) is 5.01 Å². The molecule has 0 amide bonds. The van der Waals surface area contributed by atoms with Gasteiger partial charge in [-0.05, 0) is 19.1 Å². The maximum Gasteiger partial charge on any atom is 0.126 e. The maximum absolute atomic E-state index is 4.38. The molecule has 0 bridgehead atoms. The van der Waals surface area contributed by atoms with E-state index in [9.17, 15) is 0 Å². The van der Waals surface area contributed by atoms with Gasteiger partial charge in [-0.1, -0.05) is 0 Å². The SMILES string of the molecule is Cc1nc(-c2cccnc2)sc1S. The van der Waals surface area contributed by atoms with Crippen molar-refractivity contribution in [3.8, 4) is 10.6 Å². The molecule has 4 heteroatoms. The van der Waals surface area contributed by atoms with Gasteiger partial charge in [-0.15, -0.1) is 24.0 Å². The van der Waals surface area contributed by atoms with E-state index in [1.54, 1.807) is 17.5 Å². The first kappa shape index (κ1) is 8.72. The first-order chi connectivity index (χ1) is 6.27. The predicted octanol–water partition coefficient (Wildman–Crippen LogP) is 2.80. The summed E-state index contributed by atoms with van der Waals surface area (Å²) in [7, 11) is 0. The molecule has 0 fully saturated rings. The van der Waals surface area contributed by atoms with Crippen LogP contribution in [0.15, 0.2) is 28.7 Å². The fourth-order valence-electron chi connectivity index (χ4n) is 1.00. The molecule has 0 atom stereocenters. The Bertz CT molecular complexity index is 389. The van der Waals surface area contributed by atoms with E-state index >= 15 is 0 Å². The molecule has 0 aromatic carbocycles. The highest BCUT2D eigenvalue weighted by molar-refractivity contribution is 7.83. The van der Waals surface area contributed by atoms with Gasteiger partial charge < -0.3 is 0 Å². The van der Waals surface area contributed by atoms with Crippen LogP contribution in [0.25, 0.3) is 10.6 Å². The van der Waals surface area contributed by atoms with Gasteiger partial charge >= 0.3 is 0 Å². The van der Waals surface area contributed by atoms with Crippen LogP contribution in [0.5, 0.6) is 0 Å². The minimum Gasteiger partial charge on any atom is -0.264 e. The molecule has 2 rings (SSSR count). The Kier molecular flexibility index (Phi) is 2.33. The van der Waals surface area contributed by atoms with Crippen molar-refractivity contribution < 1.29 is 0 Å². The normalized spacial score (nSPS) is 10.3. The van der Waals surface area contributed by atoms with Gasteiger partial charge in [0, 0.05) is 18.0 Å². The van der Waals surface area contributed by atoms with E-state index in [2.05, 4.69) is 22.6 Å². The van der Waals surface area contributed by atoms with Crippen LogP contribution in [0.4, 0.5) is 0 Å². The van der Waals surface area contributed by atoms with Crippen LogP contribution in [0, 0.1) is 6.92 Å². The highest BCUT2D eigenvalue weighted by Gasteiger charge is 2.05.